The zero-order chi connectivity index (χ0) is 15.5. The van der Waals surface area contributed by atoms with Gasteiger partial charge in [-0.3, -0.25) is 0 Å². The minimum atomic E-state index is -0.555. The minimum Gasteiger partial charge on any atom is -0.465 e. The first kappa shape index (κ1) is 16.4. The standard InChI is InChI=1S/C15H20O4S/c1-9(2)12(14(17)19-15(3,4)5)10-7-8-11(20-10)13(16)18-6/h7-8H,1-6H3. The van der Waals surface area contributed by atoms with Crippen LogP contribution in [0.2, 0.25) is 0 Å². The van der Waals surface area contributed by atoms with Gasteiger partial charge < -0.3 is 9.47 Å². The number of carbonyl (C=O) groups excluding carboxylic acids is 2. The second-order valence-electron chi connectivity index (χ2n) is 5.53. The fourth-order valence-electron chi connectivity index (χ4n) is 1.56. The van der Waals surface area contributed by atoms with Gasteiger partial charge in [-0.05, 0) is 46.8 Å². The highest BCUT2D eigenvalue weighted by atomic mass is 32.1. The van der Waals surface area contributed by atoms with E-state index in [9.17, 15) is 9.59 Å². The van der Waals surface area contributed by atoms with Crippen LogP contribution in [0.1, 0.15) is 49.2 Å². The largest absolute Gasteiger partial charge is 0.465 e. The number of allylic oxidation sites excluding steroid dienone is 1. The van der Waals surface area contributed by atoms with E-state index in [0.29, 0.717) is 15.3 Å². The SMILES string of the molecule is COC(=O)c1ccc(C(C(=O)OC(C)(C)C)=C(C)C)s1. The van der Waals surface area contributed by atoms with Crippen LogP contribution in [0.25, 0.3) is 5.57 Å². The number of esters is 2. The highest BCUT2D eigenvalue weighted by Gasteiger charge is 2.24. The predicted molar refractivity (Wildman–Crippen MR) is 79.8 cm³/mol. The number of ether oxygens (including phenoxy) is 2. The summed E-state index contributed by atoms with van der Waals surface area (Å²) in [5.41, 5.74) is 0.790. The molecule has 0 aromatic carbocycles. The van der Waals surface area contributed by atoms with Crippen molar-refractivity contribution in [3.8, 4) is 0 Å². The summed E-state index contributed by atoms with van der Waals surface area (Å²) in [6.07, 6.45) is 0. The Morgan fingerprint density at radius 3 is 2.10 bits per heavy atom. The van der Waals surface area contributed by atoms with Crippen molar-refractivity contribution in [3.05, 3.63) is 27.5 Å². The third-order valence-corrected chi connectivity index (χ3v) is 3.42. The number of hydrogen-bond donors (Lipinski definition) is 0. The third kappa shape index (κ3) is 4.20. The summed E-state index contributed by atoms with van der Waals surface area (Å²) in [5.74, 6) is -0.783. The second-order valence-corrected chi connectivity index (χ2v) is 6.62. The quantitative estimate of drug-likeness (QED) is 0.631. The average molecular weight is 296 g/mol. The zero-order valence-corrected chi connectivity index (χ0v) is 13.5. The maximum Gasteiger partial charge on any atom is 0.348 e. The van der Waals surface area contributed by atoms with Gasteiger partial charge in [0.15, 0.2) is 0 Å². The normalized spacial score (nSPS) is 10.9. The van der Waals surface area contributed by atoms with Gasteiger partial charge in [0.2, 0.25) is 0 Å². The van der Waals surface area contributed by atoms with E-state index >= 15 is 0 Å². The van der Waals surface area contributed by atoms with Crippen molar-refractivity contribution in [2.45, 2.75) is 40.2 Å². The van der Waals surface area contributed by atoms with Crippen molar-refractivity contribution in [1.29, 1.82) is 0 Å². The highest BCUT2D eigenvalue weighted by Crippen LogP contribution is 2.29. The van der Waals surface area contributed by atoms with E-state index in [1.54, 1.807) is 12.1 Å². The van der Waals surface area contributed by atoms with Crippen molar-refractivity contribution < 1.29 is 19.1 Å². The van der Waals surface area contributed by atoms with Crippen LogP contribution in [0.5, 0.6) is 0 Å². The summed E-state index contributed by atoms with van der Waals surface area (Å²) in [7, 11) is 1.33. The molecule has 0 N–H and O–H groups in total. The van der Waals surface area contributed by atoms with Gasteiger partial charge in [-0.15, -0.1) is 11.3 Å². The molecule has 0 bridgehead atoms. The first-order valence-corrected chi connectivity index (χ1v) is 7.06. The van der Waals surface area contributed by atoms with Gasteiger partial charge in [-0.25, -0.2) is 9.59 Å². The first-order chi connectivity index (χ1) is 9.15. The fourth-order valence-corrected chi connectivity index (χ4v) is 2.63. The molecule has 0 fully saturated rings. The molecule has 0 unspecified atom stereocenters. The van der Waals surface area contributed by atoms with Gasteiger partial charge >= 0.3 is 11.9 Å². The van der Waals surface area contributed by atoms with Crippen molar-refractivity contribution in [1.82, 2.24) is 0 Å². The number of rotatable bonds is 3. The molecule has 0 atom stereocenters. The van der Waals surface area contributed by atoms with Crippen LogP contribution in [0.3, 0.4) is 0 Å². The van der Waals surface area contributed by atoms with Crippen molar-refractivity contribution in [2.24, 2.45) is 0 Å². The van der Waals surface area contributed by atoms with Crippen LogP contribution in [0.15, 0.2) is 17.7 Å². The van der Waals surface area contributed by atoms with Gasteiger partial charge in [0.05, 0.1) is 12.7 Å². The van der Waals surface area contributed by atoms with Gasteiger partial charge in [0.25, 0.3) is 0 Å². The lowest BCUT2D eigenvalue weighted by Crippen LogP contribution is -2.24. The van der Waals surface area contributed by atoms with E-state index in [4.69, 9.17) is 4.74 Å². The Morgan fingerprint density at radius 1 is 1.10 bits per heavy atom. The molecule has 4 nitrogen and oxygen atoms in total. The van der Waals surface area contributed by atoms with Crippen molar-refractivity contribution in [2.75, 3.05) is 7.11 Å². The Hall–Kier alpha value is -1.62. The number of methoxy groups -OCH3 is 1. The molecule has 1 aromatic rings. The lowest BCUT2D eigenvalue weighted by atomic mass is 10.1. The van der Waals surface area contributed by atoms with Crippen LogP contribution >= 0.6 is 11.3 Å². The molecule has 20 heavy (non-hydrogen) atoms. The fraction of sp³-hybridized carbons (Fsp3) is 0.467. The van der Waals surface area contributed by atoms with Gasteiger partial charge in [-0.1, -0.05) is 5.57 Å². The third-order valence-electron chi connectivity index (χ3n) is 2.34. The summed E-state index contributed by atoms with van der Waals surface area (Å²) < 4.78 is 10.1. The highest BCUT2D eigenvalue weighted by molar-refractivity contribution is 7.15. The summed E-state index contributed by atoms with van der Waals surface area (Å²) in [6.45, 7) is 9.15. The lowest BCUT2D eigenvalue weighted by molar-refractivity contribution is -0.147. The van der Waals surface area contributed by atoms with Crippen LogP contribution in [0.4, 0.5) is 0 Å². The summed E-state index contributed by atoms with van der Waals surface area (Å²) >= 11 is 1.22. The lowest BCUT2D eigenvalue weighted by Gasteiger charge is -2.20. The second kappa shape index (κ2) is 6.22. The molecule has 0 aliphatic heterocycles. The summed E-state index contributed by atoms with van der Waals surface area (Å²) in [5, 5.41) is 0. The Bertz CT molecular complexity index is 542. The Labute approximate surface area is 123 Å². The molecule has 0 saturated carbocycles. The molecule has 0 radical (unpaired) electrons. The Balaban J connectivity index is 3.11. The molecule has 110 valence electrons. The molecule has 1 heterocycles. The monoisotopic (exact) mass is 296 g/mol. The van der Waals surface area contributed by atoms with Crippen LogP contribution in [0, 0.1) is 0 Å². The van der Waals surface area contributed by atoms with Crippen LogP contribution in [-0.2, 0) is 14.3 Å². The number of hydrogen-bond acceptors (Lipinski definition) is 5. The van der Waals surface area contributed by atoms with E-state index in [0.717, 1.165) is 5.57 Å². The molecule has 0 spiro atoms. The molecule has 1 aromatic heterocycles. The molecular formula is C15H20O4S. The number of thiophene rings is 1. The molecule has 0 aliphatic carbocycles. The average Bonchev–Trinajstić information content (AvgIpc) is 2.74. The molecule has 0 aliphatic rings. The van der Waals surface area contributed by atoms with Gasteiger partial charge in [0.1, 0.15) is 10.5 Å². The smallest absolute Gasteiger partial charge is 0.348 e. The van der Waals surface area contributed by atoms with Gasteiger partial charge in [0, 0.05) is 4.88 Å². The van der Waals surface area contributed by atoms with E-state index in [-0.39, 0.29) is 5.97 Å². The molecule has 1 rings (SSSR count). The summed E-state index contributed by atoms with van der Waals surface area (Å²) in [4.78, 5) is 24.9. The molecular weight excluding hydrogens is 276 g/mol. The van der Waals surface area contributed by atoms with Crippen LogP contribution < -0.4 is 0 Å². The Morgan fingerprint density at radius 2 is 1.65 bits per heavy atom. The van der Waals surface area contributed by atoms with Crippen LogP contribution in [-0.4, -0.2) is 24.6 Å². The maximum absolute atomic E-state index is 12.3. The van der Waals surface area contributed by atoms with E-state index in [1.807, 2.05) is 34.6 Å². The predicted octanol–water partition coefficient (Wildman–Crippen LogP) is 3.67. The van der Waals surface area contributed by atoms with Gasteiger partial charge in [-0.2, -0.15) is 0 Å². The minimum absolute atomic E-state index is 0.379. The molecule has 5 heteroatoms. The van der Waals surface area contributed by atoms with E-state index in [2.05, 4.69) is 4.74 Å². The summed E-state index contributed by atoms with van der Waals surface area (Å²) in [6, 6.07) is 3.39. The molecule has 0 saturated heterocycles. The maximum atomic E-state index is 12.3. The first-order valence-electron chi connectivity index (χ1n) is 6.25. The van der Waals surface area contributed by atoms with E-state index in [1.165, 1.54) is 18.4 Å². The van der Waals surface area contributed by atoms with Crippen molar-refractivity contribution >= 4 is 28.8 Å². The molecule has 0 amide bonds. The van der Waals surface area contributed by atoms with Crippen molar-refractivity contribution in [3.63, 3.8) is 0 Å². The number of carbonyl (C=O) groups is 2. The Kier molecular flexibility index (Phi) is 5.11. The zero-order valence-electron chi connectivity index (χ0n) is 12.7. The topological polar surface area (TPSA) is 52.6 Å². The van der Waals surface area contributed by atoms with E-state index < -0.39 is 11.6 Å².